The highest BCUT2D eigenvalue weighted by molar-refractivity contribution is 4.96. The van der Waals surface area contributed by atoms with Gasteiger partial charge in [0.25, 0.3) is 0 Å². The van der Waals surface area contributed by atoms with Gasteiger partial charge in [0.15, 0.2) is 0 Å². The molecule has 25 heavy (non-hydrogen) atoms. The lowest BCUT2D eigenvalue weighted by atomic mass is 9.56. The first kappa shape index (κ1) is 21.2. The lowest BCUT2D eigenvalue weighted by Crippen LogP contribution is -2.47. The van der Waals surface area contributed by atoms with Crippen molar-refractivity contribution in [3.63, 3.8) is 0 Å². The second-order valence-electron chi connectivity index (χ2n) is 9.41. The zero-order valence-corrected chi connectivity index (χ0v) is 17.7. The van der Waals surface area contributed by atoms with Crippen LogP contribution < -0.4 is 0 Å². The van der Waals surface area contributed by atoms with Crippen LogP contribution in [0.2, 0.25) is 0 Å². The van der Waals surface area contributed by atoms with Crippen LogP contribution >= 0.6 is 0 Å². The number of ether oxygens (including phenoxy) is 1. The second-order valence-corrected chi connectivity index (χ2v) is 9.41. The summed E-state index contributed by atoms with van der Waals surface area (Å²) >= 11 is 0. The fraction of sp³-hybridized carbons (Fsp3) is 1.00. The molecule has 1 aliphatic heterocycles. The molecule has 0 aromatic heterocycles. The van der Waals surface area contributed by atoms with Crippen LogP contribution in [-0.2, 0) is 4.74 Å². The fourth-order valence-corrected chi connectivity index (χ4v) is 4.98. The van der Waals surface area contributed by atoms with Gasteiger partial charge in [0, 0.05) is 13.2 Å². The average Bonchev–Trinajstić information content (AvgIpc) is 2.58. The molecule has 2 fully saturated rings. The number of hydrogen-bond donors (Lipinski definition) is 0. The molecule has 0 amide bonds. The van der Waals surface area contributed by atoms with Crippen LogP contribution in [0.3, 0.4) is 0 Å². The Bertz CT molecular complexity index is 340. The third-order valence-corrected chi connectivity index (χ3v) is 7.00. The standard InChI is InChI=1S/C23H45NO/c1-5-7-8-10-21(4)25-16-9-11-22-17-23(18-22)12-14-24(15-13-23)19-20(3)6-2/h20-22H,5-19H2,1-4H3. The highest BCUT2D eigenvalue weighted by Gasteiger charge is 2.45. The van der Waals surface area contributed by atoms with Gasteiger partial charge in [0.2, 0.25) is 0 Å². The number of likely N-dealkylation sites (tertiary alicyclic amines) is 1. The van der Waals surface area contributed by atoms with Crippen molar-refractivity contribution < 1.29 is 4.74 Å². The van der Waals surface area contributed by atoms with E-state index >= 15 is 0 Å². The third kappa shape index (κ3) is 7.21. The molecule has 1 saturated heterocycles. The molecule has 2 rings (SSSR count). The monoisotopic (exact) mass is 351 g/mol. The van der Waals surface area contributed by atoms with Gasteiger partial charge in [-0.15, -0.1) is 0 Å². The Morgan fingerprint density at radius 1 is 1.04 bits per heavy atom. The maximum Gasteiger partial charge on any atom is 0.0547 e. The molecule has 2 atom stereocenters. The van der Waals surface area contributed by atoms with Gasteiger partial charge in [0.05, 0.1) is 6.10 Å². The number of nitrogens with zero attached hydrogens (tertiary/aromatic N) is 1. The summed E-state index contributed by atoms with van der Waals surface area (Å²) < 4.78 is 6.00. The molecule has 2 heteroatoms. The fourth-order valence-electron chi connectivity index (χ4n) is 4.98. The van der Waals surface area contributed by atoms with Crippen LogP contribution in [0, 0.1) is 17.3 Å². The van der Waals surface area contributed by atoms with Crippen LogP contribution in [0.5, 0.6) is 0 Å². The average molecular weight is 352 g/mol. The van der Waals surface area contributed by atoms with Crippen molar-refractivity contribution in [2.45, 2.75) is 104 Å². The van der Waals surface area contributed by atoms with Crippen molar-refractivity contribution in [3.05, 3.63) is 0 Å². The predicted molar refractivity (Wildman–Crippen MR) is 109 cm³/mol. The summed E-state index contributed by atoms with van der Waals surface area (Å²) in [5.41, 5.74) is 0.741. The molecule has 0 radical (unpaired) electrons. The summed E-state index contributed by atoms with van der Waals surface area (Å²) in [6, 6.07) is 0. The molecule has 0 bridgehead atoms. The van der Waals surface area contributed by atoms with Gasteiger partial charge < -0.3 is 9.64 Å². The lowest BCUT2D eigenvalue weighted by Gasteiger charge is -2.53. The highest BCUT2D eigenvalue weighted by Crippen LogP contribution is 2.54. The van der Waals surface area contributed by atoms with E-state index < -0.39 is 0 Å². The summed E-state index contributed by atoms with van der Waals surface area (Å²) in [4.78, 5) is 2.72. The van der Waals surface area contributed by atoms with Gasteiger partial charge in [-0.1, -0.05) is 46.5 Å². The molecule has 1 heterocycles. The molecular weight excluding hydrogens is 306 g/mol. The van der Waals surface area contributed by atoms with Gasteiger partial charge in [-0.25, -0.2) is 0 Å². The minimum absolute atomic E-state index is 0.467. The van der Waals surface area contributed by atoms with Crippen LogP contribution in [0.1, 0.15) is 98.3 Å². The topological polar surface area (TPSA) is 12.5 Å². The van der Waals surface area contributed by atoms with Crippen molar-refractivity contribution in [1.82, 2.24) is 4.90 Å². The number of unbranched alkanes of at least 4 members (excludes halogenated alkanes) is 2. The van der Waals surface area contributed by atoms with Crippen molar-refractivity contribution in [2.24, 2.45) is 17.3 Å². The van der Waals surface area contributed by atoms with Crippen LogP contribution in [0.15, 0.2) is 0 Å². The first-order chi connectivity index (χ1) is 12.1. The Morgan fingerprint density at radius 3 is 2.40 bits per heavy atom. The Labute approximate surface area is 158 Å². The van der Waals surface area contributed by atoms with Crippen LogP contribution in [0.25, 0.3) is 0 Å². The Hall–Kier alpha value is -0.0800. The van der Waals surface area contributed by atoms with E-state index in [1.54, 1.807) is 0 Å². The molecule has 2 unspecified atom stereocenters. The minimum Gasteiger partial charge on any atom is -0.379 e. The molecule has 0 aromatic carbocycles. The maximum atomic E-state index is 6.00. The quantitative estimate of drug-likeness (QED) is 0.383. The number of piperidine rings is 1. The largest absolute Gasteiger partial charge is 0.379 e. The van der Waals surface area contributed by atoms with Gasteiger partial charge in [-0.05, 0) is 82.2 Å². The first-order valence-corrected chi connectivity index (χ1v) is 11.4. The summed E-state index contributed by atoms with van der Waals surface area (Å²) in [7, 11) is 0. The molecule has 2 nitrogen and oxygen atoms in total. The van der Waals surface area contributed by atoms with Crippen LogP contribution in [0.4, 0.5) is 0 Å². The molecular formula is C23H45NO. The summed E-state index contributed by atoms with van der Waals surface area (Å²) in [6.07, 6.45) is 15.7. The third-order valence-electron chi connectivity index (χ3n) is 7.00. The molecule has 1 spiro atoms. The van der Waals surface area contributed by atoms with E-state index in [1.165, 1.54) is 90.3 Å². The Balaban J connectivity index is 1.49. The van der Waals surface area contributed by atoms with E-state index in [0.29, 0.717) is 6.10 Å². The van der Waals surface area contributed by atoms with E-state index in [9.17, 15) is 0 Å². The SMILES string of the molecule is CCCCCC(C)OCCCC1CC2(CCN(CC(C)CC)CC2)C1. The lowest BCUT2D eigenvalue weighted by molar-refractivity contribution is -0.0242. The maximum absolute atomic E-state index is 6.00. The molecule has 0 aromatic rings. The number of hydrogen-bond acceptors (Lipinski definition) is 2. The van der Waals surface area contributed by atoms with Crippen molar-refractivity contribution in [3.8, 4) is 0 Å². The smallest absolute Gasteiger partial charge is 0.0547 e. The minimum atomic E-state index is 0.467. The zero-order valence-electron chi connectivity index (χ0n) is 17.7. The van der Waals surface area contributed by atoms with Gasteiger partial charge in [0.1, 0.15) is 0 Å². The van der Waals surface area contributed by atoms with E-state index in [2.05, 4.69) is 32.6 Å². The summed E-state index contributed by atoms with van der Waals surface area (Å²) in [5, 5.41) is 0. The van der Waals surface area contributed by atoms with E-state index in [0.717, 1.165) is 23.9 Å². The predicted octanol–water partition coefficient (Wildman–Crippen LogP) is 6.29. The van der Waals surface area contributed by atoms with Gasteiger partial charge in [-0.3, -0.25) is 0 Å². The number of rotatable bonds is 12. The van der Waals surface area contributed by atoms with E-state index in [-0.39, 0.29) is 0 Å². The molecule has 148 valence electrons. The van der Waals surface area contributed by atoms with Crippen molar-refractivity contribution in [2.75, 3.05) is 26.2 Å². The summed E-state index contributed by atoms with van der Waals surface area (Å²) in [5.74, 6) is 1.87. The second kappa shape index (κ2) is 10.9. The molecule has 1 aliphatic carbocycles. The van der Waals surface area contributed by atoms with E-state index in [4.69, 9.17) is 4.74 Å². The van der Waals surface area contributed by atoms with Gasteiger partial charge >= 0.3 is 0 Å². The van der Waals surface area contributed by atoms with Crippen LogP contribution in [-0.4, -0.2) is 37.2 Å². The summed E-state index contributed by atoms with van der Waals surface area (Å²) in [6.45, 7) is 14.3. The van der Waals surface area contributed by atoms with E-state index in [1.807, 2.05) is 0 Å². The first-order valence-electron chi connectivity index (χ1n) is 11.4. The molecule has 1 saturated carbocycles. The molecule has 0 N–H and O–H groups in total. The zero-order chi connectivity index (χ0) is 18.1. The van der Waals surface area contributed by atoms with Crippen molar-refractivity contribution >= 4 is 0 Å². The Morgan fingerprint density at radius 2 is 1.76 bits per heavy atom. The van der Waals surface area contributed by atoms with Gasteiger partial charge in [-0.2, -0.15) is 0 Å². The Kier molecular flexibility index (Phi) is 9.27. The van der Waals surface area contributed by atoms with Crippen molar-refractivity contribution in [1.29, 1.82) is 0 Å². The molecule has 2 aliphatic rings. The highest BCUT2D eigenvalue weighted by atomic mass is 16.5. The normalized spacial score (nSPS) is 23.5.